The molecule has 2 nitrogen and oxygen atoms in total. The third kappa shape index (κ3) is 4.01. The Labute approximate surface area is 114 Å². The van der Waals surface area contributed by atoms with Gasteiger partial charge in [-0.2, -0.15) is 0 Å². The summed E-state index contributed by atoms with van der Waals surface area (Å²) in [6.45, 7) is 4.87. The fourth-order valence-corrected chi connectivity index (χ4v) is 3.15. The summed E-state index contributed by atoms with van der Waals surface area (Å²) in [5.41, 5.74) is 3.02. The minimum atomic E-state index is -0.273. The number of hydrogen-bond acceptors (Lipinski definition) is 3. The van der Waals surface area contributed by atoms with E-state index in [1.165, 1.54) is 35.3 Å². The van der Waals surface area contributed by atoms with Gasteiger partial charge in [0.15, 0.2) is 0 Å². The summed E-state index contributed by atoms with van der Waals surface area (Å²) in [5, 5.41) is 13.1. The largest absolute Gasteiger partial charge is 0.391 e. The Morgan fingerprint density at radius 1 is 1.28 bits per heavy atom. The monoisotopic (exact) mass is 265 g/mol. The molecule has 1 aromatic rings. The maximum absolute atomic E-state index is 9.87. The Bertz CT molecular complexity index is 392. The van der Waals surface area contributed by atoms with E-state index >= 15 is 0 Å². The Morgan fingerprint density at radius 3 is 2.83 bits per heavy atom. The molecule has 100 valence electrons. The van der Waals surface area contributed by atoms with Crippen molar-refractivity contribution in [2.75, 3.05) is 12.3 Å². The first-order chi connectivity index (χ1) is 8.65. The molecule has 2 rings (SSSR count). The Morgan fingerprint density at radius 2 is 2.06 bits per heavy atom. The van der Waals surface area contributed by atoms with Crippen LogP contribution in [-0.4, -0.2) is 29.5 Å². The molecule has 0 bridgehead atoms. The van der Waals surface area contributed by atoms with Crippen LogP contribution < -0.4 is 5.32 Å². The quantitative estimate of drug-likeness (QED) is 0.776. The standard InChI is InChI=1S/C15H23NOS/c1-11(2)16-9-14(17)10-18-15-7-6-12-4-3-5-13(12)8-15/h6-8,11,14,16-17H,3-5,9-10H2,1-2H3. The summed E-state index contributed by atoms with van der Waals surface area (Å²) in [5.74, 6) is 0.762. The molecule has 0 aromatic heterocycles. The molecule has 2 N–H and O–H groups in total. The molecule has 1 unspecified atom stereocenters. The number of fused-ring (bicyclic) bond motifs is 1. The second-order valence-corrected chi connectivity index (χ2v) is 6.41. The second-order valence-electron chi connectivity index (χ2n) is 5.31. The lowest BCUT2D eigenvalue weighted by molar-refractivity contribution is 0.192. The van der Waals surface area contributed by atoms with Gasteiger partial charge in [-0.1, -0.05) is 19.9 Å². The van der Waals surface area contributed by atoms with Crippen LogP contribution >= 0.6 is 11.8 Å². The molecule has 1 atom stereocenters. The lowest BCUT2D eigenvalue weighted by Crippen LogP contribution is -2.33. The first kappa shape index (κ1) is 13.9. The molecule has 0 heterocycles. The third-order valence-electron chi connectivity index (χ3n) is 3.27. The molecule has 1 aliphatic rings. The van der Waals surface area contributed by atoms with Crippen molar-refractivity contribution in [1.82, 2.24) is 5.32 Å². The number of benzene rings is 1. The fourth-order valence-electron chi connectivity index (χ4n) is 2.26. The van der Waals surface area contributed by atoms with Crippen LogP contribution in [0.1, 0.15) is 31.4 Å². The van der Waals surface area contributed by atoms with Crippen molar-refractivity contribution in [3.8, 4) is 0 Å². The highest BCUT2D eigenvalue weighted by Crippen LogP contribution is 2.27. The van der Waals surface area contributed by atoms with Crippen molar-refractivity contribution in [1.29, 1.82) is 0 Å². The third-order valence-corrected chi connectivity index (χ3v) is 4.41. The van der Waals surface area contributed by atoms with E-state index in [0.29, 0.717) is 12.6 Å². The van der Waals surface area contributed by atoms with E-state index in [4.69, 9.17) is 0 Å². The number of hydrogen-bond donors (Lipinski definition) is 2. The molecule has 3 heteroatoms. The second kappa shape index (κ2) is 6.60. The predicted octanol–water partition coefficient (Wildman–Crippen LogP) is 2.63. The zero-order valence-electron chi connectivity index (χ0n) is 11.3. The van der Waals surface area contributed by atoms with Crippen LogP contribution in [0, 0.1) is 0 Å². The summed E-state index contributed by atoms with van der Waals surface area (Å²) in [7, 11) is 0. The molecule has 0 saturated carbocycles. The number of nitrogens with one attached hydrogen (secondary N) is 1. The lowest BCUT2D eigenvalue weighted by Gasteiger charge is -2.14. The zero-order chi connectivity index (χ0) is 13.0. The van der Waals surface area contributed by atoms with Gasteiger partial charge in [0.25, 0.3) is 0 Å². The zero-order valence-corrected chi connectivity index (χ0v) is 12.1. The maximum Gasteiger partial charge on any atom is 0.0758 e. The van der Waals surface area contributed by atoms with Crippen molar-refractivity contribution < 1.29 is 5.11 Å². The van der Waals surface area contributed by atoms with Crippen LogP contribution in [0.15, 0.2) is 23.1 Å². The molecule has 18 heavy (non-hydrogen) atoms. The number of thioether (sulfide) groups is 1. The Kier molecular flexibility index (Phi) is 5.10. The average molecular weight is 265 g/mol. The summed E-state index contributed by atoms with van der Waals surface area (Å²) >= 11 is 1.76. The molecule has 1 aromatic carbocycles. The molecular weight excluding hydrogens is 242 g/mol. The number of aliphatic hydroxyl groups is 1. The topological polar surface area (TPSA) is 32.3 Å². The summed E-state index contributed by atoms with van der Waals surface area (Å²) < 4.78 is 0. The SMILES string of the molecule is CC(C)NCC(O)CSc1ccc2c(c1)CCC2. The highest BCUT2D eigenvalue weighted by Gasteiger charge is 2.12. The van der Waals surface area contributed by atoms with Gasteiger partial charge in [0.1, 0.15) is 0 Å². The Balaban J connectivity index is 1.79. The van der Waals surface area contributed by atoms with Crippen LogP contribution in [0.2, 0.25) is 0 Å². The van der Waals surface area contributed by atoms with E-state index in [1.807, 2.05) is 0 Å². The van der Waals surface area contributed by atoms with Crippen molar-refractivity contribution in [3.05, 3.63) is 29.3 Å². The van der Waals surface area contributed by atoms with Gasteiger partial charge in [0.05, 0.1) is 6.10 Å². The number of aryl methyl sites for hydroxylation is 2. The van der Waals surface area contributed by atoms with Crippen molar-refractivity contribution in [2.24, 2.45) is 0 Å². The highest BCUT2D eigenvalue weighted by atomic mass is 32.2. The summed E-state index contributed by atoms with van der Waals surface area (Å²) in [6, 6.07) is 7.18. The lowest BCUT2D eigenvalue weighted by atomic mass is 10.1. The molecule has 0 radical (unpaired) electrons. The van der Waals surface area contributed by atoms with E-state index in [2.05, 4.69) is 37.4 Å². The molecule has 1 aliphatic carbocycles. The van der Waals surface area contributed by atoms with E-state index < -0.39 is 0 Å². The molecule has 0 saturated heterocycles. The van der Waals surface area contributed by atoms with Gasteiger partial charge in [-0.25, -0.2) is 0 Å². The Hall–Kier alpha value is -0.510. The van der Waals surface area contributed by atoms with E-state index in [0.717, 1.165) is 5.75 Å². The van der Waals surface area contributed by atoms with Crippen LogP contribution in [0.3, 0.4) is 0 Å². The highest BCUT2D eigenvalue weighted by molar-refractivity contribution is 7.99. The van der Waals surface area contributed by atoms with Gasteiger partial charge in [0.2, 0.25) is 0 Å². The smallest absolute Gasteiger partial charge is 0.0758 e. The van der Waals surface area contributed by atoms with Crippen molar-refractivity contribution >= 4 is 11.8 Å². The van der Waals surface area contributed by atoms with E-state index in [9.17, 15) is 5.11 Å². The molecular formula is C15H23NOS. The normalized spacial score (nSPS) is 16.0. The average Bonchev–Trinajstić information content (AvgIpc) is 2.81. The van der Waals surface area contributed by atoms with Crippen LogP contribution in [0.4, 0.5) is 0 Å². The van der Waals surface area contributed by atoms with Crippen LogP contribution in [0.25, 0.3) is 0 Å². The first-order valence-electron chi connectivity index (χ1n) is 6.81. The van der Waals surface area contributed by atoms with Gasteiger partial charge in [-0.3, -0.25) is 0 Å². The fraction of sp³-hybridized carbons (Fsp3) is 0.600. The summed E-state index contributed by atoms with van der Waals surface area (Å²) in [6.07, 6.45) is 3.48. The molecule has 0 amide bonds. The van der Waals surface area contributed by atoms with Gasteiger partial charge in [-0.05, 0) is 42.5 Å². The molecule has 0 aliphatic heterocycles. The van der Waals surface area contributed by atoms with Crippen molar-refractivity contribution in [2.45, 2.75) is 50.2 Å². The van der Waals surface area contributed by atoms with Gasteiger partial charge < -0.3 is 10.4 Å². The van der Waals surface area contributed by atoms with Gasteiger partial charge >= 0.3 is 0 Å². The predicted molar refractivity (Wildman–Crippen MR) is 78.3 cm³/mol. The maximum atomic E-state index is 9.87. The summed E-state index contributed by atoms with van der Waals surface area (Å²) in [4.78, 5) is 1.29. The van der Waals surface area contributed by atoms with Crippen molar-refractivity contribution in [3.63, 3.8) is 0 Å². The van der Waals surface area contributed by atoms with Crippen LogP contribution in [0.5, 0.6) is 0 Å². The minimum absolute atomic E-state index is 0.273. The molecule has 0 fully saturated rings. The van der Waals surface area contributed by atoms with E-state index in [1.54, 1.807) is 11.8 Å². The van der Waals surface area contributed by atoms with E-state index in [-0.39, 0.29) is 6.10 Å². The first-order valence-corrected chi connectivity index (χ1v) is 7.80. The number of rotatable bonds is 6. The van der Waals surface area contributed by atoms with Gasteiger partial charge in [0, 0.05) is 23.2 Å². The minimum Gasteiger partial charge on any atom is -0.391 e. The van der Waals surface area contributed by atoms with Gasteiger partial charge in [-0.15, -0.1) is 11.8 Å². The van der Waals surface area contributed by atoms with Crippen LogP contribution in [-0.2, 0) is 12.8 Å². The molecule has 0 spiro atoms. The number of aliphatic hydroxyl groups excluding tert-OH is 1.